The topological polar surface area (TPSA) is 44.5 Å². The second-order valence-electron chi connectivity index (χ2n) is 4.60. The van der Waals surface area contributed by atoms with E-state index in [1.807, 2.05) is 39.8 Å². The Morgan fingerprint density at radius 3 is 2.47 bits per heavy atom. The van der Waals surface area contributed by atoms with Gasteiger partial charge in [-0.25, -0.2) is 0 Å². The van der Waals surface area contributed by atoms with E-state index in [2.05, 4.69) is 6.07 Å². The van der Waals surface area contributed by atoms with E-state index in [-0.39, 0.29) is 12.1 Å². The zero-order chi connectivity index (χ0) is 12.8. The highest BCUT2D eigenvalue weighted by atomic mass is 16.5. The summed E-state index contributed by atoms with van der Waals surface area (Å²) in [5, 5.41) is 0. The Morgan fingerprint density at radius 1 is 1.18 bits per heavy atom. The number of ether oxygens (including phenoxy) is 2. The van der Waals surface area contributed by atoms with Gasteiger partial charge in [0.2, 0.25) is 0 Å². The van der Waals surface area contributed by atoms with Gasteiger partial charge in [0.1, 0.15) is 12.4 Å². The van der Waals surface area contributed by atoms with Crippen LogP contribution in [0.3, 0.4) is 0 Å². The predicted octanol–water partition coefficient (Wildman–Crippen LogP) is 2.82. The fourth-order valence-corrected chi connectivity index (χ4v) is 1.58. The van der Waals surface area contributed by atoms with Gasteiger partial charge in [-0.3, -0.25) is 0 Å². The van der Waals surface area contributed by atoms with Crippen LogP contribution >= 0.6 is 0 Å². The van der Waals surface area contributed by atoms with E-state index >= 15 is 0 Å². The van der Waals surface area contributed by atoms with Crippen LogP contribution in [0.15, 0.2) is 18.2 Å². The SMILES string of the molecule is Cc1ccc([C@@H](C)N)c(OCCOC(C)C)c1. The van der Waals surface area contributed by atoms with Crippen LogP contribution in [0.25, 0.3) is 0 Å². The lowest BCUT2D eigenvalue weighted by Crippen LogP contribution is -2.13. The summed E-state index contributed by atoms with van der Waals surface area (Å²) < 4.78 is 11.2. The molecule has 1 aromatic carbocycles. The second-order valence-corrected chi connectivity index (χ2v) is 4.60. The van der Waals surface area contributed by atoms with Gasteiger partial charge in [-0.05, 0) is 39.3 Å². The molecule has 0 unspecified atom stereocenters. The highest BCUT2D eigenvalue weighted by Crippen LogP contribution is 2.24. The minimum absolute atomic E-state index is 0.0170. The smallest absolute Gasteiger partial charge is 0.124 e. The standard InChI is InChI=1S/C14H23NO2/c1-10(2)16-7-8-17-14-9-11(3)5-6-13(14)12(4)15/h5-6,9-10,12H,7-8,15H2,1-4H3/t12-/m1/s1. The maximum Gasteiger partial charge on any atom is 0.124 e. The molecule has 0 spiro atoms. The van der Waals surface area contributed by atoms with Gasteiger partial charge in [0.05, 0.1) is 12.7 Å². The summed E-state index contributed by atoms with van der Waals surface area (Å²) in [6, 6.07) is 6.08. The summed E-state index contributed by atoms with van der Waals surface area (Å²) in [6.45, 7) is 9.19. The molecule has 3 nitrogen and oxygen atoms in total. The molecule has 1 atom stereocenters. The van der Waals surface area contributed by atoms with Gasteiger partial charge in [0.25, 0.3) is 0 Å². The third kappa shape index (κ3) is 4.75. The summed E-state index contributed by atoms with van der Waals surface area (Å²) in [6.07, 6.45) is 0.240. The molecule has 0 amide bonds. The van der Waals surface area contributed by atoms with Gasteiger partial charge in [-0.1, -0.05) is 12.1 Å². The maximum atomic E-state index is 5.91. The number of hydrogen-bond donors (Lipinski definition) is 1. The van der Waals surface area contributed by atoms with Gasteiger partial charge in [0.15, 0.2) is 0 Å². The number of hydrogen-bond acceptors (Lipinski definition) is 3. The van der Waals surface area contributed by atoms with Crippen molar-refractivity contribution in [1.29, 1.82) is 0 Å². The lowest BCUT2D eigenvalue weighted by molar-refractivity contribution is 0.0550. The van der Waals surface area contributed by atoms with Gasteiger partial charge in [-0.15, -0.1) is 0 Å². The second kappa shape index (κ2) is 6.62. The lowest BCUT2D eigenvalue weighted by Gasteiger charge is -2.15. The summed E-state index contributed by atoms with van der Waals surface area (Å²) in [5.41, 5.74) is 8.12. The first-order chi connectivity index (χ1) is 8.00. The number of aryl methyl sites for hydroxylation is 1. The highest BCUT2D eigenvalue weighted by Gasteiger charge is 2.08. The Kier molecular flexibility index (Phi) is 5.45. The molecule has 0 saturated carbocycles. The Morgan fingerprint density at radius 2 is 1.88 bits per heavy atom. The number of rotatable bonds is 6. The third-order valence-corrected chi connectivity index (χ3v) is 2.45. The minimum Gasteiger partial charge on any atom is -0.491 e. The fourth-order valence-electron chi connectivity index (χ4n) is 1.58. The van der Waals surface area contributed by atoms with Crippen molar-refractivity contribution < 1.29 is 9.47 Å². The van der Waals surface area contributed by atoms with Crippen LogP contribution < -0.4 is 10.5 Å². The molecular formula is C14H23NO2. The average molecular weight is 237 g/mol. The monoisotopic (exact) mass is 237 g/mol. The van der Waals surface area contributed by atoms with Crippen molar-refractivity contribution in [3.8, 4) is 5.75 Å². The van der Waals surface area contributed by atoms with E-state index in [1.54, 1.807) is 0 Å². The van der Waals surface area contributed by atoms with Crippen LogP contribution in [-0.2, 0) is 4.74 Å². The Labute approximate surface area is 104 Å². The van der Waals surface area contributed by atoms with Gasteiger partial charge in [-0.2, -0.15) is 0 Å². The fraction of sp³-hybridized carbons (Fsp3) is 0.571. The first-order valence-electron chi connectivity index (χ1n) is 6.11. The van der Waals surface area contributed by atoms with Crippen LogP contribution in [0, 0.1) is 6.92 Å². The third-order valence-electron chi connectivity index (χ3n) is 2.45. The minimum atomic E-state index is -0.0170. The Hall–Kier alpha value is -1.06. The van der Waals surface area contributed by atoms with Crippen LogP contribution in [0.4, 0.5) is 0 Å². The molecule has 0 aliphatic rings. The molecule has 0 aromatic heterocycles. The van der Waals surface area contributed by atoms with Crippen molar-refractivity contribution in [3.05, 3.63) is 29.3 Å². The van der Waals surface area contributed by atoms with Crippen molar-refractivity contribution in [2.45, 2.75) is 39.8 Å². The largest absolute Gasteiger partial charge is 0.491 e. The number of benzene rings is 1. The van der Waals surface area contributed by atoms with E-state index in [0.29, 0.717) is 13.2 Å². The normalized spacial score (nSPS) is 12.8. The van der Waals surface area contributed by atoms with E-state index in [0.717, 1.165) is 11.3 Å². The quantitative estimate of drug-likeness (QED) is 0.774. The first-order valence-corrected chi connectivity index (χ1v) is 6.11. The zero-order valence-corrected chi connectivity index (χ0v) is 11.2. The molecule has 1 rings (SSSR count). The van der Waals surface area contributed by atoms with Crippen LogP contribution in [0.5, 0.6) is 5.75 Å². The number of nitrogens with two attached hydrogens (primary N) is 1. The molecule has 2 N–H and O–H groups in total. The molecule has 17 heavy (non-hydrogen) atoms. The molecule has 3 heteroatoms. The molecular weight excluding hydrogens is 214 g/mol. The van der Waals surface area contributed by atoms with Crippen molar-refractivity contribution in [3.63, 3.8) is 0 Å². The zero-order valence-electron chi connectivity index (χ0n) is 11.2. The first kappa shape index (κ1) is 14.0. The summed E-state index contributed by atoms with van der Waals surface area (Å²) in [7, 11) is 0. The summed E-state index contributed by atoms with van der Waals surface area (Å²) >= 11 is 0. The maximum absolute atomic E-state index is 5.91. The summed E-state index contributed by atoms with van der Waals surface area (Å²) in [5.74, 6) is 0.868. The average Bonchev–Trinajstić information content (AvgIpc) is 2.23. The van der Waals surface area contributed by atoms with E-state index < -0.39 is 0 Å². The van der Waals surface area contributed by atoms with Crippen molar-refractivity contribution in [1.82, 2.24) is 0 Å². The predicted molar refractivity (Wildman–Crippen MR) is 70.4 cm³/mol. The molecule has 1 aromatic rings. The molecule has 0 saturated heterocycles. The Balaban J connectivity index is 2.59. The molecule has 96 valence electrons. The van der Waals surface area contributed by atoms with E-state index in [4.69, 9.17) is 15.2 Å². The Bertz CT molecular complexity index is 348. The van der Waals surface area contributed by atoms with Crippen molar-refractivity contribution in [2.24, 2.45) is 5.73 Å². The molecule has 0 heterocycles. The van der Waals surface area contributed by atoms with Gasteiger partial charge < -0.3 is 15.2 Å². The van der Waals surface area contributed by atoms with Crippen molar-refractivity contribution >= 4 is 0 Å². The van der Waals surface area contributed by atoms with Gasteiger partial charge in [0, 0.05) is 11.6 Å². The van der Waals surface area contributed by atoms with E-state index in [1.165, 1.54) is 5.56 Å². The van der Waals surface area contributed by atoms with E-state index in [9.17, 15) is 0 Å². The van der Waals surface area contributed by atoms with Crippen LogP contribution in [0.2, 0.25) is 0 Å². The molecule has 0 aliphatic heterocycles. The highest BCUT2D eigenvalue weighted by molar-refractivity contribution is 5.38. The van der Waals surface area contributed by atoms with Crippen LogP contribution in [0.1, 0.15) is 37.9 Å². The van der Waals surface area contributed by atoms with Gasteiger partial charge >= 0.3 is 0 Å². The lowest BCUT2D eigenvalue weighted by atomic mass is 10.1. The molecule has 0 radical (unpaired) electrons. The van der Waals surface area contributed by atoms with Crippen LogP contribution in [-0.4, -0.2) is 19.3 Å². The molecule has 0 bridgehead atoms. The molecule has 0 aliphatic carbocycles. The van der Waals surface area contributed by atoms with Crippen molar-refractivity contribution in [2.75, 3.05) is 13.2 Å². The molecule has 0 fully saturated rings. The summed E-state index contributed by atoms with van der Waals surface area (Å²) in [4.78, 5) is 0.